The molecule has 0 spiro atoms. The van der Waals surface area contributed by atoms with Gasteiger partial charge in [0.15, 0.2) is 0 Å². The number of aromatic nitrogens is 1. The highest BCUT2D eigenvalue weighted by atomic mass is 32.3. The fourth-order valence-electron chi connectivity index (χ4n) is 1.86. The van der Waals surface area contributed by atoms with Gasteiger partial charge in [-0.2, -0.15) is 8.42 Å². The van der Waals surface area contributed by atoms with Gasteiger partial charge in [-0.1, -0.05) is 0 Å². The number of hydrogen-bond donors (Lipinski definition) is 0. The van der Waals surface area contributed by atoms with Crippen LogP contribution in [-0.2, 0) is 15.0 Å². The number of halogens is 1. The third-order valence-corrected chi connectivity index (χ3v) is 3.87. The molecule has 0 aliphatic carbocycles. The second-order valence-corrected chi connectivity index (χ2v) is 5.53. The van der Waals surface area contributed by atoms with Crippen molar-refractivity contribution in [3.63, 3.8) is 0 Å². The molecule has 2 heterocycles. The van der Waals surface area contributed by atoms with Crippen molar-refractivity contribution in [3.8, 4) is 0 Å². The minimum absolute atomic E-state index is 0.149. The standard InChI is InChI=1S/C10H11FN2O3S/c1-7-9(3-2-4-12-7)13-6-8(5-10(13)14)17(11,15)16/h2-4,8H,5-6H2,1H3. The molecule has 2 rings (SSSR count). The van der Waals surface area contributed by atoms with Gasteiger partial charge in [-0.15, -0.1) is 3.89 Å². The molecule has 1 aliphatic heterocycles. The highest BCUT2D eigenvalue weighted by Crippen LogP contribution is 2.27. The van der Waals surface area contributed by atoms with Crippen LogP contribution < -0.4 is 4.90 Å². The van der Waals surface area contributed by atoms with Gasteiger partial charge in [0, 0.05) is 19.2 Å². The number of amides is 1. The van der Waals surface area contributed by atoms with Crippen molar-refractivity contribution >= 4 is 21.8 Å². The Morgan fingerprint density at radius 2 is 2.24 bits per heavy atom. The van der Waals surface area contributed by atoms with Gasteiger partial charge >= 0.3 is 10.2 Å². The van der Waals surface area contributed by atoms with Gasteiger partial charge < -0.3 is 4.90 Å². The van der Waals surface area contributed by atoms with E-state index in [1.807, 2.05) is 0 Å². The van der Waals surface area contributed by atoms with Crippen molar-refractivity contribution in [2.75, 3.05) is 11.4 Å². The van der Waals surface area contributed by atoms with Gasteiger partial charge in [-0.3, -0.25) is 9.78 Å². The molecule has 1 amide bonds. The maximum absolute atomic E-state index is 12.8. The highest BCUT2D eigenvalue weighted by molar-refractivity contribution is 7.87. The molecular weight excluding hydrogens is 247 g/mol. The maximum atomic E-state index is 12.8. The zero-order valence-electron chi connectivity index (χ0n) is 9.13. The molecule has 0 N–H and O–H groups in total. The summed E-state index contributed by atoms with van der Waals surface area (Å²) in [6, 6.07) is 3.31. The summed E-state index contributed by atoms with van der Waals surface area (Å²) in [4.78, 5) is 16.9. The Morgan fingerprint density at radius 1 is 1.53 bits per heavy atom. The minimum Gasteiger partial charge on any atom is -0.309 e. The van der Waals surface area contributed by atoms with Crippen LogP contribution in [-0.4, -0.2) is 31.1 Å². The van der Waals surface area contributed by atoms with E-state index >= 15 is 0 Å². The summed E-state index contributed by atoms with van der Waals surface area (Å²) in [5.74, 6) is -0.396. The molecule has 5 nitrogen and oxygen atoms in total. The molecule has 92 valence electrons. The first kappa shape index (κ1) is 12.0. The lowest BCUT2D eigenvalue weighted by atomic mass is 10.3. The molecule has 1 aromatic rings. The Kier molecular flexibility index (Phi) is 2.86. The first-order chi connectivity index (χ1) is 7.89. The lowest BCUT2D eigenvalue weighted by molar-refractivity contribution is -0.117. The quantitative estimate of drug-likeness (QED) is 0.736. The summed E-state index contributed by atoms with van der Waals surface area (Å²) in [5, 5.41) is -1.27. The third-order valence-electron chi connectivity index (χ3n) is 2.76. The molecule has 0 bridgehead atoms. The van der Waals surface area contributed by atoms with Crippen LogP contribution in [0.5, 0.6) is 0 Å². The first-order valence-corrected chi connectivity index (χ1v) is 6.49. The maximum Gasteiger partial charge on any atom is 0.307 e. The summed E-state index contributed by atoms with van der Waals surface area (Å²) < 4.78 is 34.4. The number of anilines is 1. The largest absolute Gasteiger partial charge is 0.309 e. The van der Waals surface area contributed by atoms with E-state index in [9.17, 15) is 17.1 Å². The molecular formula is C10H11FN2O3S. The van der Waals surface area contributed by atoms with Crippen molar-refractivity contribution < 1.29 is 17.1 Å². The van der Waals surface area contributed by atoms with Crippen LogP contribution in [0.1, 0.15) is 12.1 Å². The zero-order valence-corrected chi connectivity index (χ0v) is 9.95. The normalized spacial score (nSPS) is 20.9. The van der Waals surface area contributed by atoms with Crippen LogP contribution in [0, 0.1) is 6.92 Å². The second-order valence-electron chi connectivity index (χ2n) is 3.91. The van der Waals surface area contributed by atoms with Gasteiger partial charge in [0.25, 0.3) is 0 Å². The van der Waals surface area contributed by atoms with Crippen LogP contribution >= 0.6 is 0 Å². The molecule has 0 radical (unpaired) electrons. The van der Waals surface area contributed by atoms with Crippen LogP contribution in [0.3, 0.4) is 0 Å². The fourth-order valence-corrected chi connectivity index (χ4v) is 2.53. The number of carbonyl (C=O) groups excluding carboxylic acids is 1. The van der Waals surface area contributed by atoms with E-state index in [4.69, 9.17) is 0 Å². The zero-order chi connectivity index (χ0) is 12.6. The number of hydrogen-bond acceptors (Lipinski definition) is 4. The van der Waals surface area contributed by atoms with E-state index in [0.717, 1.165) is 0 Å². The lowest BCUT2D eigenvalue weighted by Crippen LogP contribution is -2.27. The Balaban J connectivity index is 2.31. The van der Waals surface area contributed by atoms with Gasteiger partial charge in [0.2, 0.25) is 5.91 Å². The van der Waals surface area contributed by atoms with E-state index in [0.29, 0.717) is 11.4 Å². The SMILES string of the molecule is Cc1ncccc1N1CC(S(=O)(=O)F)CC1=O. The lowest BCUT2D eigenvalue weighted by Gasteiger charge is -2.17. The van der Waals surface area contributed by atoms with E-state index in [2.05, 4.69) is 4.98 Å². The number of nitrogens with zero attached hydrogens (tertiary/aromatic N) is 2. The molecule has 0 aromatic carbocycles. The number of pyridine rings is 1. The highest BCUT2D eigenvalue weighted by Gasteiger charge is 2.39. The van der Waals surface area contributed by atoms with Crippen LogP contribution in [0.15, 0.2) is 18.3 Å². The summed E-state index contributed by atoms with van der Waals surface area (Å²) in [5.41, 5.74) is 1.14. The molecule has 1 unspecified atom stereocenters. The summed E-state index contributed by atoms with van der Waals surface area (Å²) in [6.07, 6.45) is 1.26. The predicted molar refractivity (Wildman–Crippen MR) is 59.8 cm³/mol. The van der Waals surface area contributed by atoms with E-state index in [-0.39, 0.29) is 13.0 Å². The molecule has 0 saturated carbocycles. The molecule has 1 fully saturated rings. The summed E-state index contributed by atoms with van der Waals surface area (Å²) >= 11 is 0. The second kappa shape index (κ2) is 4.06. The van der Waals surface area contributed by atoms with E-state index in [1.54, 1.807) is 25.3 Å². The van der Waals surface area contributed by atoms with Crippen molar-refractivity contribution in [1.29, 1.82) is 0 Å². The molecule has 1 saturated heterocycles. The Labute approximate surface area is 98.5 Å². The van der Waals surface area contributed by atoms with Crippen molar-refractivity contribution in [2.45, 2.75) is 18.6 Å². The molecule has 1 atom stereocenters. The fraction of sp³-hybridized carbons (Fsp3) is 0.400. The number of rotatable bonds is 2. The monoisotopic (exact) mass is 258 g/mol. The topological polar surface area (TPSA) is 67.3 Å². The summed E-state index contributed by atoms with van der Waals surface area (Å²) in [6.45, 7) is 1.56. The number of aryl methyl sites for hydroxylation is 1. The Bertz CT molecular complexity index is 558. The van der Waals surface area contributed by atoms with Crippen molar-refractivity contribution in [3.05, 3.63) is 24.0 Å². The van der Waals surface area contributed by atoms with E-state index < -0.39 is 21.4 Å². The van der Waals surface area contributed by atoms with Crippen LogP contribution in [0.4, 0.5) is 9.57 Å². The Morgan fingerprint density at radius 3 is 2.76 bits per heavy atom. The van der Waals surface area contributed by atoms with Crippen molar-refractivity contribution in [2.24, 2.45) is 0 Å². The summed E-state index contributed by atoms with van der Waals surface area (Å²) in [7, 11) is -4.67. The van der Waals surface area contributed by atoms with Gasteiger partial charge in [0.05, 0.1) is 11.4 Å². The molecule has 1 aliphatic rings. The molecule has 7 heteroatoms. The van der Waals surface area contributed by atoms with Gasteiger partial charge in [0.1, 0.15) is 5.25 Å². The average Bonchev–Trinajstić information content (AvgIpc) is 2.61. The molecule has 1 aromatic heterocycles. The number of carbonyl (C=O) groups is 1. The third kappa shape index (κ3) is 2.28. The van der Waals surface area contributed by atoms with E-state index in [1.165, 1.54) is 4.90 Å². The van der Waals surface area contributed by atoms with Crippen molar-refractivity contribution in [1.82, 2.24) is 4.98 Å². The molecule has 17 heavy (non-hydrogen) atoms. The van der Waals surface area contributed by atoms with Crippen LogP contribution in [0.25, 0.3) is 0 Å². The van der Waals surface area contributed by atoms with Gasteiger partial charge in [-0.25, -0.2) is 0 Å². The average molecular weight is 258 g/mol. The van der Waals surface area contributed by atoms with Crippen LogP contribution in [0.2, 0.25) is 0 Å². The Hall–Kier alpha value is -1.50. The van der Waals surface area contributed by atoms with Gasteiger partial charge in [-0.05, 0) is 19.1 Å². The minimum atomic E-state index is -4.67. The predicted octanol–water partition coefficient (Wildman–Crippen LogP) is 0.795. The smallest absolute Gasteiger partial charge is 0.307 e. The first-order valence-electron chi connectivity index (χ1n) is 5.05.